The maximum Gasteiger partial charge on any atom is 0.262 e. The number of hydrogen-bond donors (Lipinski definition) is 2. The van der Waals surface area contributed by atoms with E-state index in [1.807, 2.05) is 50.2 Å². The summed E-state index contributed by atoms with van der Waals surface area (Å²) in [5, 5.41) is 11.0. The molecule has 2 aromatic carbocycles. The predicted molar refractivity (Wildman–Crippen MR) is 123 cm³/mol. The number of aromatic nitrogens is 3. The molecule has 8 heteroatoms. The Morgan fingerprint density at radius 1 is 0.969 bits per heavy atom. The number of amides is 2. The Morgan fingerprint density at radius 3 is 2.28 bits per heavy atom. The molecule has 2 aromatic heterocycles. The van der Waals surface area contributed by atoms with Gasteiger partial charge in [-0.2, -0.15) is 10.1 Å². The standard InChI is InChI=1S/C24H23N5O3/c1-15-13-22(27-24-23(15)16(2)28-29(24)20-7-5-4-6-8-20)32-14-21(31)26-19-11-9-18(10-12-19)25-17(3)30/h4-13H,14H2,1-3H3,(H,25,30)(H,26,31). The highest BCUT2D eigenvalue weighted by molar-refractivity contribution is 5.93. The normalized spacial score (nSPS) is 10.7. The van der Waals surface area contributed by atoms with Gasteiger partial charge in [-0.05, 0) is 55.8 Å². The smallest absolute Gasteiger partial charge is 0.262 e. The Morgan fingerprint density at radius 2 is 1.62 bits per heavy atom. The average Bonchev–Trinajstić information content (AvgIpc) is 3.11. The second kappa shape index (κ2) is 8.89. The van der Waals surface area contributed by atoms with E-state index in [-0.39, 0.29) is 18.4 Å². The van der Waals surface area contributed by atoms with E-state index >= 15 is 0 Å². The van der Waals surface area contributed by atoms with Crippen LogP contribution in [0.15, 0.2) is 60.7 Å². The first kappa shape index (κ1) is 21.0. The molecule has 4 aromatic rings. The van der Waals surface area contributed by atoms with Crippen molar-refractivity contribution < 1.29 is 14.3 Å². The minimum Gasteiger partial charge on any atom is -0.467 e. The lowest BCUT2D eigenvalue weighted by atomic mass is 10.2. The van der Waals surface area contributed by atoms with Crippen LogP contribution in [0.3, 0.4) is 0 Å². The summed E-state index contributed by atoms with van der Waals surface area (Å²) in [6.07, 6.45) is 0. The second-order valence-corrected chi connectivity index (χ2v) is 7.40. The van der Waals surface area contributed by atoms with Crippen LogP contribution in [0.1, 0.15) is 18.2 Å². The molecule has 0 atom stereocenters. The summed E-state index contributed by atoms with van der Waals surface area (Å²) in [5.41, 5.74) is 4.68. The Hall–Kier alpha value is -4.20. The van der Waals surface area contributed by atoms with Crippen molar-refractivity contribution in [2.75, 3.05) is 17.2 Å². The van der Waals surface area contributed by atoms with Crippen molar-refractivity contribution >= 4 is 34.2 Å². The van der Waals surface area contributed by atoms with E-state index in [0.717, 1.165) is 22.3 Å². The van der Waals surface area contributed by atoms with Gasteiger partial charge in [0.1, 0.15) is 0 Å². The number of benzene rings is 2. The zero-order chi connectivity index (χ0) is 22.7. The van der Waals surface area contributed by atoms with Crippen LogP contribution in [0.2, 0.25) is 0 Å². The van der Waals surface area contributed by atoms with Crippen LogP contribution < -0.4 is 15.4 Å². The molecule has 0 aliphatic rings. The lowest BCUT2D eigenvalue weighted by Gasteiger charge is -2.09. The molecule has 0 bridgehead atoms. The van der Waals surface area contributed by atoms with Gasteiger partial charge in [-0.3, -0.25) is 9.59 Å². The van der Waals surface area contributed by atoms with E-state index in [4.69, 9.17) is 4.74 Å². The van der Waals surface area contributed by atoms with Gasteiger partial charge in [0.05, 0.1) is 11.4 Å². The zero-order valence-corrected chi connectivity index (χ0v) is 18.0. The summed E-state index contributed by atoms with van der Waals surface area (Å²) in [6.45, 7) is 5.16. The molecule has 2 N–H and O–H groups in total. The van der Waals surface area contributed by atoms with Crippen LogP contribution in [0.4, 0.5) is 11.4 Å². The van der Waals surface area contributed by atoms with E-state index in [1.165, 1.54) is 6.92 Å². The third-order valence-corrected chi connectivity index (χ3v) is 4.83. The third-order valence-electron chi connectivity index (χ3n) is 4.83. The highest BCUT2D eigenvalue weighted by atomic mass is 16.5. The monoisotopic (exact) mass is 429 g/mol. The van der Waals surface area contributed by atoms with Crippen molar-refractivity contribution in [3.63, 3.8) is 0 Å². The molecule has 32 heavy (non-hydrogen) atoms. The van der Waals surface area contributed by atoms with Gasteiger partial charge in [0.25, 0.3) is 5.91 Å². The SMILES string of the molecule is CC(=O)Nc1ccc(NC(=O)COc2cc(C)c3c(C)nn(-c4ccccc4)c3n2)cc1. The van der Waals surface area contributed by atoms with E-state index < -0.39 is 0 Å². The molecule has 8 nitrogen and oxygen atoms in total. The van der Waals surface area contributed by atoms with E-state index in [2.05, 4.69) is 20.7 Å². The Bertz CT molecular complexity index is 1280. The third kappa shape index (κ3) is 4.59. The number of nitrogens with one attached hydrogen (secondary N) is 2. The van der Waals surface area contributed by atoms with Gasteiger partial charge in [0.2, 0.25) is 11.8 Å². The fraction of sp³-hybridized carbons (Fsp3) is 0.167. The van der Waals surface area contributed by atoms with Gasteiger partial charge in [0, 0.05) is 29.8 Å². The fourth-order valence-electron chi connectivity index (χ4n) is 3.47. The Balaban J connectivity index is 1.48. The van der Waals surface area contributed by atoms with Gasteiger partial charge in [-0.25, -0.2) is 4.68 Å². The number of anilines is 2. The van der Waals surface area contributed by atoms with Crippen LogP contribution in [0, 0.1) is 13.8 Å². The molecule has 0 spiro atoms. The molecule has 4 rings (SSSR count). The molecular weight excluding hydrogens is 406 g/mol. The van der Waals surface area contributed by atoms with Crippen molar-refractivity contribution in [2.24, 2.45) is 0 Å². The topological polar surface area (TPSA) is 98.1 Å². The number of rotatable bonds is 6. The van der Waals surface area contributed by atoms with Gasteiger partial charge in [-0.15, -0.1) is 0 Å². The number of ether oxygens (including phenoxy) is 1. The van der Waals surface area contributed by atoms with Crippen molar-refractivity contribution in [1.29, 1.82) is 0 Å². The van der Waals surface area contributed by atoms with Crippen molar-refractivity contribution in [3.8, 4) is 11.6 Å². The summed E-state index contributed by atoms with van der Waals surface area (Å²) in [6, 6.07) is 18.4. The zero-order valence-electron chi connectivity index (χ0n) is 18.0. The van der Waals surface area contributed by atoms with Crippen LogP contribution in [0.5, 0.6) is 5.88 Å². The first-order valence-corrected chi connectivity index (χ1v) is 10.1. The van der Waals surface area contributed by atoms with Gasteiger partial charge < -0.3 is 15.4 Å². The molecule has 2 amide bonds. The lowest BCUT2D eigenvalue weighted by Crippen LogP contribution is -2.20. The average molecular weight is 429 g/mol. The molecule has 0 saturated carbocycles. The first-order chi connectivity index (χ1) is 15.4. The van der Waals surface area contributed by atoms with Crippen LogP contribution in [0.25, 0.3) is 16.7 Å². The Labute approximate surface area is 185 Å². The second-order valence-electron chi connectivity index (χ2n) is 7.40. The molecule has 0 radical (unpaired) electrons. The number of pyridine rings is 1. The molecule has 0 fully saturated rings. The first-order valence-electron chi connectivity index (χ1n) is 10.1. The highest BCUT2D eigenvalue weighted by Gasteiger charge is 2.15. The number of para-hydroxylation sites is 1. The molecular formula is C24H23N5O3. The maximum absolute atomic E-state index is 12.3. The van der Waals surface area contributed by atoms with Crippen LogP contribution in [-0.2, 0) is 9.59 Å². The van der Waals surface area contributed by atoms with Crippen LogP contribution in [-0.4, -0.2) is 33.2 Å². The molecule has 162 valence electrons. The molecule has 0 aliphatic carbocycles. The molecule has 0 aliphatic heterocycles. The summed E-state index contributed by atoms with van der Waals surface area (Å²) >= 11 is 0. The van der Waals surface area contributed by atoms with Gasteiger partial charge >= 0.3 is 0 Å². The number of nitrogens with zero attached hydrogens (tertiary/aromatic N) is 3. The van der Waals surface area contributed by atoms with E-state index in [9.17, 15) is 9.59 Å². The highest BCUT2D eigenvalue weighted by Crippen LogP contribution is 2.26. The Kier molecular flexibility index (Phi) is 5.85. The van der Waals surface area contributed by atoms with Crippen molar-refractivity contribution in [3.05, 3.63) is 71.9 Å². The fourth-order valence-corrected chi connectivity index (χ4v) is 3.47. The van der Waals surface area contributed by atoms with E-state index in [0.29, 0.717) is 22.9 Å². The minimum atomic E-state index is -0.315. The van der Waals surface area contributed by atoms with E-state index in [1.54, 1.807) is 28.9 Å². The number of hydrogen-bond acceptors (Lipinski definition) is 5. The number of aryl methyl sites for hydroxylation is 2. The number of carbonyl (C=O) groups excluding carboxylic acids is 2. The van der Waals surface area contributed by atoms with Crippen molar-refractivity contribution in [2.45, 2.75) is 20.8 Å². The number of carbonyl (C=O) groups is 2. The maximum atomic E-state index is 12.3. The van der Waals surface area contributed by atoms with Crippen LogP contribution >= 0.6 is 0 Å². The minimum absolute atomic E-state index is 0.154. The van der Waals surface area contributed by atoms with Gasteiger partial charge in [-0.1, -0.05) is 18.2 Å². The molecule has 0 saturated heterocycles. The molecule has 2 heterocycles. The summed E-state index contributed by atoms with van der Waals surface area (Å²) in [4.78, 5) is 28.0. The number of fused-ring (bicyclic) bond motifs is 1. The van der Waals surface area contributed by atoms with Crippen molar-refractivity contribution in [1.82, 2.24) is 14.8 Å². The summed E-state index contributed by atoms with van der Waals surface area (Å²) < 4.78 is 7.46. The molecule has 0 unspecified atom stereocenters. The predicted octanol–water partition coefficient (Wildman–Crippen LogP) is 4.01. The lowest BCUT2D eigenvalue weighted by molar-refractivity contribution is -0.118. The summed E-state index contributed by atoms with van der Waals surface area (Å²) in [7, 11) is 0. The largest absolute Gasteiger partial charge is 0.467 e. The summed E-state index contributed by atoms with van der Waals surface area (Å²) in [5.74, 6) is -0.119. The van der Waals surface area contributed by atoms with Gasteiger partial charge in [0.15, 0.2) is 12.3 Å². The quantitative estimate of drug-likeness (QED) is 0.483.